The van der Waals surface area contributed by atoms with Gasteiger partial charge in [0, 0.05) is 6.42 Å². The summed E-state index contributed by atoms with van der Waals surface area (Å²) in [5.41, 5.74) is 0. The molecular weight excluding hydrogens is 787 g/mol. The minimum Gasteiger partial charge on any atom is -0.454 e. The highest BCUT2D eigenvalue weighted by Crippen LogP contribution is 2.26. The molecule has 1 aliphatic heterocycles. The first-order valence-corrected chi connectivity index (χ1v) is 26.0. The van der Waals surface area contributed by atoms with Gasteiger partial charge in [0.05, 0.1) is 25.4 Å². The van der Waals surface area contributed by atoms with Crippen LogP contribution in [0.1, 0.15) is 239 Å². The number of allylic oxidation sites excluding steroid dienone is 1. The molecule has 0 aliphatic carbocycles. The number of hydrogen-bond donors (Lipinski definition) is 6. The lowest BCUT2D eigenvalue weighted by molar-refractivity contribution is -0.305. The Kier molecular flexibility index (Phi) is 38.5. The molecule has 1 saturated heterocycles. The minimum absolute atomic E-state index is 0.130. The number of carbonyl (C=O) groups is 2. The molecule has 1 fully saturated rings. The first kappa shape index (κ1) is 58.4. The summed E-state index contributed by atoms with van der Waals surface area (Å²) in [6, 6.07) is -1.01. The van der Waals surface area contributed by atoms with E-state index in [9.17, 15) is 35.1 Å². The van der Waals surface area contributed by atoms with Crippen molar-refractivity contribution in [2.24, 2.45) is 0 Å². The van der Waals surface area contributed by atoms with E-state index in [1.807, 2.05) is 6.08 Å². The van der Waals surface area contributed by atoms with E-state index in [4.69, 9.17) is 14.2 Å². The van der Waals surface area contributed by atoms with Gasteiger partial charge in [-0.15, -0.1) is 0 Å². The second kappa shape index (κ2) is 40.9. The molecular formula is C51H97NO10. The molecule has 0 aromatic heterocycles. The van der Waals surface area contributed by atoms with E-state index in [-0.39, 0.29) is 13.0 Å². The van der Waals surface area contributed by atoms with Crippen LogP contribution in [0.25, 0.3) is 0 Å². The summed E-state index contributed by atoms with van der Waals surface area (Å²) in [5, 5.41) is 56.5. The molecule has 1 amide bonds. The molecule has 0 bridgehead atoms. The molecule has 11 nitrogen and oxygen atoms in total. The molecule has 1 heterocycles. The van der Waals surface area contributed by atoms with Crippen molar-refractivity contribution < 1.29 is 49.3 Å². The number of carbonyl (C=O) groups excluding carboxylic acids is 2. The average Bonchev–Trinajstić information content (AvgIpc) is 3.27. The van der Waals surface area contributed by atoms with Gasteiger partial charge in [0.1, 0.15) is 24.4 Å². The second-order valence-electron chi connectivity index (χ2n) is 18.3. The van der Waals surface area contributed by atoms with Crippen molar-refractivity contribution in [1.29, 1.82) is 0 Å². The Bertz CT molecular complexity index is 1060. The van der Waals surface area contributed by atoms with Crippen molar-refractivity contribution in [2.75, 3.05) is 13.2 Å². The predicted molar refractivity (Wildman–Crippen MR) is 251 cm³/mol. The van der Waals surface area contributed by atoms with Crippen LogP contribution >= 0.6 is 0 Å². The van der Waals surface area contributed by atoms with Gasteiger partial charge in [-0.2, -0.15) is 0 Å². The Balaban J connectivity index is 2.79. The van der Waals surface area contributed by atoms with E-state index >= 15 is 0 Å². The van der Waals surface area contributed by atoms with E-state index in [1.54, 1.807) is 6.08 Å². The highest BCUT2D eigenvalue weighted by atomic mass is 16.7. The Hall–Kier alpha value is -1.60. The lowest BCUT2D eigenvalue weighted by Crippen LogP contribution is -2.61. The lowest BCUT2D eigenvalue weighted by atomic mass is 9.99. The van der Waals surface area contributed by atoms with Gasteiger partial charge in [0.25, 0.3) is 0 Å². The van der Waals surface area contributed by atoms with E-state index in [0.29, 0.717) is 19.3 Å². The van der Waals surface area contributed by atoms with E-state index in [2.05, 4.69) is 26.1 Å². The first-order valence-electron chi connectivity index (χ1n) is 26.0. The van der Waals surface area contributed by atoms with Crippen LogP contribution in [-0.2, 0) is 23.8 Å². The van der Waals surface area contributed by atoms with Crippen LogP contribution in [0.4, 0.5) is 0 Å². The summed E-state index contributed by atoms with van der Waals surface area (Å²) in [4.78, 5) is 26.2. The molecule has 62 heavy (non-hydrogen) atoms. The highest BCUT2D eigenvalue weighted by Gasteiger charge is 2.47. The fourth-order valence-electron chi connectivity index (χ4n) is 8.24. The van der Waals surface area contributed by atoms with Gasteiger partial charge in [-0.05, 0) is 25.7 Å². The number of esters is 1. The van der Waals surface area contributed by atoms with Crippen molar-refractivity contribution >= 4 is 11.9 Å². The zero-order valence-electron chi connectivity index (χ0n) is 40.0. The van der Waals surface area contributed by atoms with Crippen LogP contribution in [0.3, 0.4) is 0 Å². The van der Waals surface area contributed by atoms with Crippen LogP contribution in [0.15, 0.2) is 12.2 Å². The number of nitrogens with one attached hydrogen (secondary N) is 1. The maximum Gasteiger partial charge on any atom is 0.306 e. The average molecular weight is 884 g/mol. The van der Waals surface area contributed by atoms with E-state index < -0.39 is 67.4 Å². The first-order chi connectivity index (χ1) is 30.2. The van der Waals surface area contributed by atoms with Gasteiger partial charge in [-0.25, -0.2) is 0 Å². The van der Waals surface area contributed by atoms with Gasteiger partial charge >= 0.3 is 5.97 Å². The molecule has 1 rings (SSSR count). The Morgan fingerprint density at radius 2 is 1.05 bits per heavy atom. The van der Waals surface area contributed by atoms with Gasteiger partial charge in [0.2, 0.25) is 5.91 Å². The van der Waals surface area contributed by atoms with Crippen molar-refractivity contribution in [3.8, 4) is 0 Å². The quantitative estimate of drug-likeness (QED) is 0.0196. The topological polar surface area (TPSA) is 175 Å². The number of amides is 1. The summed E-state index contributed by atoms with van der Waals surface area (Å²) >= 11 is 0. The third-order valence-corrected chi connectivity index (χ3v) is 12.4. The normalized spacial score (nSPS) is 20.7. The number of rotatable bonds is 43. The standard InChI is InChI=1S/C51H97NO10/c1-4-7-10-13-16-19-22-24-26-28-31-34-37-43(54)42(52-50(59)44(55)38-35-32-29-25-21-18-15-12-9-6-3)41-60-51-49(48(58)47(57)45(40-53)61-51)62-46(56)39-36-33-30-27-23-20-17-14-11-8-5-2/h34,37,42-45,47-49,51,53-55,57-58H,4-33,35-36,38-41H2,1-3H3,(H,52,59)/b37-34+. The largest absolute Gasteiger partial charge is 0.454 e. The van der Waals surface area contributed by atoms with Gasteiger partial charge < -0.3 is 45.1 Å². The molecule has 8 unspecified atom stereocenters. The molecule has 6 N–H and O–H groups in total. The van der Waals surface area contributed by atoms with Gasteiger partial charge in [-0.1, -0.05) is 219 Å². The van der Waals surface area contributed by atoms with Crippen molar-refractivity contribution in [3.63, 3.8) is 0 Å². The maximum atomic E-state index is 13.3. The third-order valence-electron chi connectivity index (χ3n) is 12.4. The number of hydrogen-bond acceptors (Lipinski definition) is 10. The van der Waals surface area contributed by atoms with E-state index in [0.717, 1.165) is 57.8 Å². The zero-order chi connectivity index (χ0) is 45.5. The van der Waals surface area contributed by atoms with Crippen LogP contribution < -0.4 is 5.32 Å². The van der Waals surface area contributed by atoms with Crippen LogP contribution in [0.2, 0.25) is 0 Å². The molecule has 0 aromatic carbocycles. The van der Waals surface area contributed by atoms with Crippen LogP contribution in [-0.4, -0.2) is 99.6 Å². The van der Waals surface area contributed by atoms with Crippen LogP contribution in [0.5, 0.6) is 0 Å². The Labute approximate surface area is 378 Å². The van der Waals surface area contributed by atoms with Gasteiger partial charge in [0.15, 0.2) is 12.4 Å². The zero-order valence-corrected chi connectivity index (χ0v) is 40.0. The maximum absolute atomic E-state index is 13.3. The number of ether oxygens (including phenoxy) is 3. The third kappa shape index (κ3) is 29.8. The predicted octanol–water partition coefficient (Wildman–Crippen LogP) is 10.4. The molecule has 8 atom stereocenters. The molecule has 11 heteroatoms. The minimum atomic E-state index is -1.60. The van der Waals surface area contributed by atoms with Crippen molar-refractivity contribution in [2.45, 2.75) is 288 Å². The Morgan fingerprint density at radius 3 is 1.52 bits per heavy atom. The summed E-state index contributed by atoms with van der Waals surface area (Å²) in [5.74, 6) is -1.19. The molecule has 0 saturated carbocycles. The lowest BCUT2D eigenvalue weighted by Gasteiger charge is -2.41. The fourth-order valence-corrected chi connectivity index (χ4v) is 8.24. The SMILES string of the molecule is CCCCCCCCCCCC/C=C/C(O)C(COC1OC(CO)C(O)C(O)C1OC(=O)CCCCCCCCCCCCC)NC(=O)C(O)CCCCCCCCCCCC. The summed E-state index contributed by atoms with van der Waals surface area (Å²) in [7, 11) is 0. The van der Waals surface area contributed by atoms with Gasteiger partial charge in [-0.3, -0.25) is 9.59 Å². The number of unbranched alkanes of at least 4 members (excludes halogenated alkanes) is 29. The number of aliphatic hydroxyl groups is 5. The molecule has 366 valence electrons. The van der Waals surface area contributed by atoms with Crippen molar-refractivity contribution in [1.82, 2.24) is 5.32 Å². The smallest absolute Gasteiger partial charge is 0.306 e. The summed E-state index contributed by atoms with van der Waals surface area (Å²) in [6.07, 6.45) is 31.3. The number of aliphatic hydroxyl groups excluding tert-OH is 5. The molecule has 0 radical (unpaired) electrons. The summed E-state index contributed by atoms with van der Waals surface area (Å²) < 4.78 is 17.5. The van der Waals surface area contributed by atoms with Crippen LogP contribution in [0, 0.1) is 0 Å². The highest BCUT2D eigenvalue weighted by molar-refractivity contribution is 5.80. The monoisotopic (exact) mass is 884 g/mol. The molecule has 0 spiro atoms. The van der Waals surface area contributed by atoms with Crippen molar-refractivity contribution in [3.05, 3.63) is 12.2 Å². The summed E-state index contributed by atoms with van der Waals surface area (Å²) in [6.45, 7) is 5.74. The van der Waals surface area contributed by atoms with E-state index in [1.165, 1.54) is 135 Å². The second-order valence-corrected chi connectivity index (χ2v) is 18.3. The fraction of sp³-hybridized carbons (Fsp3) is 0.922. The molecule has 1 aliphatic rings. The Morgan fingerprint density at radius 1 is 0.613 bits per heavy atom. The molecule has 0 aromatic rings.